The summed E-state index contributed by atoms with van der Waals surface area (Å²) in [7, 11) is 0. The van der Waals surface area contributed by atoms with E-state index >= 15 is 0 Å². The molecule has 3 nitrogen and oxygen atoms in total. The summed E-state index contributed by atoms with van der Waals surface area (Å²) in [4.78, 5) is 15.2. The van der Waals surface area contributed by atoms with Crippen molar-refractivity contribution in [3.05, 3.63) is 47.4 Å². The van der Waals surface area contributed by atoms with Crippen molar-refractivity contribution in [2.24, 2.45) is 0 Å². The lowest BCUT2D eigenvalue weighted by atomic mass is 10.2. The van der Waals surface area contributed by atoms with E-state index in [1.54, 1.807) is 6.08 Å². The van der Waals surface area contributed by atoms with Crippen LogP contribution in [0.4, 0.5) is 0 Å². The minimum Gasteiger partial charge on any atom is -0.490 e. The number of thiocarbonyl (C=S) groups is 1. The van der Waals surface area contributed by atoms with Gasteiger partial charge in [0.1, 0.15) is 16.7 Å². The highest BCUT2D eigenvalue weighted by atomic mass is 32.2. The normalized spacial score (nSPS) is 20.5. The van der Waals surface area contributed by atoms with E-state index in [0.29, 0.717) is 21.9 Å². The quantitative estimate of drug-likeness (QED) is 0.449. The predicted octanol–water partition coefficient (Wildman–Crippen LogP) is 4.40. The zero-order valence-electron chi connectivity index (χ0n) is 12.9. The Labute approximate surface area is 146 Å². The van der Waals surface area contributed by atoms with Crippen molar-refractivity contribution in [3.8, 4) is 5.75 Å². The number of amides is 1. The van der Waals surface area contributed by atoms with E-state index in [-0.39, 0.29) is 5.91 Å². The molecule has 1 amide bonds. The van der Waals surface area contributed by atoms with Crippen LogP contribution in [0.15, 0.2) is 41.8 Å². The fourth-order valence-electron chi connectivity index (χ4n) is 2.92. The molecule has 0 unspecified atom stereocenters. The molecule has 2 fully saturated rings. The minimum absolute atomic E-state index is 0.0545. The van der Waals surface area contributed by atoms with Crippen LogP contribution in [0.3, 0.4) is 0 Å². The van der Waals surface area contributed by atoms with Gasteiger partial charge in [-0.3, -0.25) is 9.69 Å². The van der Waals surface area contributed by atoms with Crippen LogP contribution in [0.25, 0.3) is 6.08 Å². The zero-order valence-corrected chi connectivity index (χ0v) is 14.5. The van der Waals surface area contributed by atoms with Gasteiger partial charge in [-0.05, 0) is 36.6 Å². The summed E-state index contributed by atoms with van der Waals surface area (Å²) in [5.74, 6) is 0.847. The van der Waals surface area contributed by atoms with Crippen molar-refractivity contribution in [1.82, 2.24) is 4.90 Å². The van der Waals surface area contributed by atoms with Gasteiger partial charge in [-0.1, -0.05) is 61.6 Å². The van der Waals surface area contributed by atoms with Crippen molar-refractivity contribution in [1.29, 1.82) is 0 Å². The summed E-state index contributed by atoms with van der Waals surface area (Å²) in [6, 6.07) is 7.98. The summed E-state index contributed by atoms with van der Waals surface area (Å²) in [5.41, 5.74) is 0.975. The van der Waals surface area contributed by atoms with Crippen LogP contribution in [0.1, 0.15) is 31.2 Å². The van der Waals surface area contributed by atoms with Crippen LogP contribution in [0, 0.1) is 0 Å². The molecular weight excluding hydrogens is 326 g/mol. The van der Waals surface area contributed by atoms with E-state index in [2.05, 4.69) is 6.58 Å². The molecule has 0 radical (unpaired) electrons. The van der Waals surface area contributed by atoms with Crippen molar-refractivity contribution in [2.75, 3.05) is 6.61 Å². The van der Waals surface area contributed by atoms with Gasteiger partial charge in [0, 0.05) is 6.04 Å². The lowest BCUT2D eigenvalue weighted by molar-refractivity contribution is -0.123. The number of benzene rings is 1. The average Bonchev–Trinajstić information content (AvgIpc) is 3.15. The molecule has 0 atom stereocenters. The van der Waals surface area contributed by atoms with Gasteiger partial charge in [-0.15, -0.1) is 0 Å². The van der Waals surface area contributed by atoms with E-state index in [1.807, 2.05) is 35.2 Å². The van der Waals surface area contributed by atoms with Gasteiger partial charge in [-0.2, -0.15) is 0 Å². The lowest BCUT2D eigenvalue weighted by Gasteiger charge is -2.21. The van der Waals surface area contributed by atoms with Gasteiger partial charge in [-0.25, -0.2) is 0 Å². The Morgan fingerprint density at radius 2 is 2.00 bits per heavy atom. The van der Waals surface area contributed by atoms with Crippen LogP contribution >= 0.6 is 24.0 Å². The second-order valence-corrected chi connectivity index (χ2v) is 7.33. The molecule has 1 saturated heterocycles. The zero-order chi connectivity index (χ0) is 16.2. The topological polar surface area (TPSA) is 29.5 Å². The molecule has 1 aliphatic heterocycles. The predicted molar refractivity (Wildman–Crippen MR) is 99.4 cm³/mol. The smallest absolute Gasteiger partial charge is 0.266 e. The molecule has 3 rings (SSSR count). The van der Waals surface area contributed by atoms with Crippen LogP contribution in [0.2, 0.25) is 0 Å². The molecule has 120 valence electrons. The lowest BCUT2D eigenvalue weighted by Crippen LogP contribution is -2.36. The van der Waals surface area contributed by atoms with E-state index in [9.17, 15) is 4.79 Å². The number of thioether (sulfide) groups is 1. The Kier molecular flexibility index (Phi) is 5.18. The third-order valence-electron chi connectivity index (χ3n) is 4.06. The number of carbonyl (C=O) groups excluding carboxylic acids is 1. The summed E-state index contributed by atoms with van der Waals surface area (Å²) < 4.78 is 6.16. The number of nitrogens with zero attached hydrogens (tertiary/aromatic N) is 1. The van der Waals surface area contributed by atoms with Gasteiger partial charge in [0.15, 0.2) is 0 Å². The maximum Gasteiger partial charge on any atom is 0.266 e. The Morgan fingerprint density at radius 3 is 2.65 bits per heavy atom. The molecule has 23 heavy (non-hydrogen) atoms. The van der Waals surface area contributed by atoms with Gasteiger partial charge in [0.25, 0.3) is 5.91 Å². The Balaban J connectivity index is 1.73. The SMILES string of the molecule is C=CCOc1ccc(/C=C2\SC(=S)N(C3CCCC3)C2=O)cc1. The van der Waals surface area contributed by atoms with Crippen molar-refractivity contribution in [3.63, 3.8) is 0 Å². The van der Waals surface area contributed by atoms with Gasteiger partial charge in [0.05, 0.1) is 4.91 Å². The monoisotopic (exact) mass is 345 g/mol. The molecule has 1 aliphatic carbocycles. The largest absolute Gasteiger partial charge is 0.490 e. The maximum atomic E-state index is 12.6. The molecule has 2 aliphatic rings. The Bertz CT molecular complexity index is 645. The third-order valence-corrected chi connectivity index (χ3v) is 5.39. The third kappa shape index (κ3) is 3.67. The fourth-order valence-corrected chi connectivity index (χ4v) is 4.32. The maximum absolute atomic E-state index is 12.6. The number of ether oxygens (including phenoxy) is 1. The summed E-state index contributed by atoms with van der Waals surface area (Å²) in [6.45, 7) is 4.11. The van der Waals surface area contributed by atoms with Crippen LogP contribution < -0.4 is 4.74 Å². The van der Waals surface area contributed by atoms with Gasteiger partial charge in [0.2, 0.25) is 0 Å². The molecule has 1 saturated carbocycles. The fraction of sp³-hybridized carbons (Fsp3) is 0.333. The molecule has 1 heterocycles. The molecule has 0 N–H and O–H groups in total. The van der Waals surface area contributed by atoms with Crippen molar-refractivity contribution < 1.29 is 9.53 Å². The number of hydrogen-bond acceptors (Lipinski definition) is 4. The summed E-state index contributed by atoms with van der Waals surface area (Å²) >= 11 is 6.82. The van der Waals surface area contributed by atoms with E-state index in [1.165, 1.54) is 24.6 Å². The Hall–Kier alpha value is -1.59. The van der Waals surface area contributed by atoms with Crippen LogP contribution in [-0.2, 0) is 4.79 Å². The first-order valence-corrected chi connectivity index (χ1v) is 9.02. The van der Waals surface area contributed by atoms with E-state index in [4.69, 9.17) is 17.0 Å². The highest BCUT2D eigenvalue weighted by Gasteiger charge is 2.37. The van der Waals surface area contributed by atoms with Gasteiger partial charge >= 0.3 is 0 Å². The number of rotatable bonds is 5. The molecule has 5 heteroatoms. The molecular formula is C18H19NO2S2. The second kappa shape index (κ2) is 7.32. The van der Waals surface area contributed by atoms with Gasteiger partial charge < -0.3 is 4.74 Å². The number of hydrogen-bond donors (Lipinski definition) is 0. The summed E-state index contributed by atoms with van der Waals surface area (Å²) in [5, 5.41) is 0. The molecule has 0 spiro atoms. The first-order chi connectivity index (χ1) is 11.2. The first-order valence-electron chi connectivity index (χ1n) is 7.80. The van der Waals surface area contributed by atoms with Crippen molar-refractivity contribution in [2.45, 2.75) is 31.7 Å². The number of carbonyl (C=O) groups is 1. The molecule has 1 aromatic carbocycles. The molecule has 0 bridgehead atoms. The Morgan fingerprint density at radius 1 is 1.30 bits per heavy atom. The van der Waals surface area contributed by atoms with Crippen LogP contribution in [-0.4, -0.2) is 27.8 Å². The van der Waals surface area contributed by atoms with E-state index in [0.717, 1.165) is 24.2 Å². The average molecular weight is 345 g/mol. The van der Waals surface area contributed by atoms with Crippen LogP contribution in [0.5, 0.6) is 5.75 Å². The molecule has 1 aromatic rings. The van der Waals surface area contributed by atoms with E-state index < -0.39 is 0 Å². The first kappa shape index (κ1) is 16.3. The second-order valence-electron chi connectivity index (χ2n) is 5.66. The highest BCUT2D eigenvalue weighted by Crippen LogP contribution is 2.37. The highest BCUT2D eigenvalue weighted by molar-refractivity contribution is 8.26. The summed E-state index contributed by atoms with van der Waals surface area (Å²) in [6.07, 6.45) is 8.12. The molecule has 0 aromatic heterocycles. The van der Waals surface area contributed by atoms with Crippen molar-refractivity contribution >= 4 is 40.3 Å². The minimum atomic E-state index is 0.0545. The standard InChI is InChI=1S/C18H19NO2S2/c1-2-11-21-15-9-7-13(8-10-15)12-16-17(20)19(18(22)23-16)14-5-3-4-6-14/h2,7-10,12,14H,1,3-6,11H2/b16-12-.